The predicted molar refractivity (Wildman–Crippen MR) is 90.5 cm³/mol. The van der Waals surface area contributed by atoms with Crippen molar-refractivity contribution in [2.45, 2.75) is 45.6 Å². The van der Waals surface area contributed by atoms with Gasteiger partial charge in [0.25, 0.3) is 0 Å². The highest BCUT2D eigenvalue weighted by molar-refractivity contribution is 5.80. The average molecular weight is 285 g/mol. The molecule has 1 aliphatic rings. The van der Waals surface area contributed by atoms with Gasteiger partial charge in [-0.05, 0) is 45.1 Å². The van der Waals surface area contributed by atoms with Gasteiger partial charge in [-0.25, -0.2) is 0 Å². The molecule has 21 heavy (non-hydrogen) atoms. The topological polar surface area (TPSA) is 36.4 Å². The van der Waals surface area contributed by atoms with Crippen LogP contribution in [0.3, 0.4) is 0 Å². The molecule has 3 heteroatoms. The highest BCUT2D eigenvalue weighted by Crippen LogP contribution is 2.20. The Morgan fingerprint density at radius 2 is 2.10 bits per heavy atom. The van der Waals surface area contributed by atoms with Gasteiger partial charge in [0.2, 0.25) is 0 Å². The maximum absolute atomic E-state index is 4.70. The van der Waals surface area contributed by atoms with Gasteiger partial charge in [-0.3, -0.25) is 4.99 Å². The molecule has 3 nitrogen and oxygen atoms in total. The third-order valence-electron chi connectivity index (χ3n) is 3.83. The monoisotopic (exact) mass is 285 g/mol. The lowest BCUT2D eigenvalue weighted by Crippen LogP contribution is -2.38. The van der Waals surface area contributed by atoms with Crippen LogP contribution in [0, 0.1) is 0 Å². The Kier molecular flexibility index (Phi) is 6.32. The molecule has 2 N–H and O–H groups in total. The number of nitrogens with one attached hydrogen (secondary N) is 2. The van der Waals surface area contributed by atoms with E-state index in [1.165, 1.54) is 24.8 Å². The van der Waals surface area contributed by atoms with Gasteiger partial charge in [-0.1, -0.05) is 42.0 Å². The molecule has 0 bridgehead atoms. The average Bonchev–Trinajstić information content (AvgIpc) is 3.01. The lowest BCUT2D eigenvalue weighted by molar-refractivity contribution is 0.685. The summed E-state index contributed by atoms with van der Waals surface area (Å²) in [6.45, 7) is 6.02. The van der Waals surface area contributed by atoms with Crippen LogP contribution in [0.5, 0.6) is 0 Å². The normalized spacial score (nSPS) is 16.5. The van der Waals surface area contributed by atoms with Crippen molar-refractivity contribution in [3.63, 3.8) is 0 Å². The van der Waals surface area contributed by atoms with Gasteiger partial charge in [0, 0.05) is 13.1 Å². The first kappa shape index (κ1) is 15.6. The van der Waals surface area contributed by atoms with Gasteiger partial charge in [-0.2, -0.15) is 0 Å². The van der Waals surface area contributed by atoms with E-state index in [0.29, 0.717) is 0 Å². The van der Waals surface area contributed by atoms with Crippen LogP contribution in [0.2, 0.25) is 0 Å². The van der Waals surface area contributed by atoms with Gasteiger partial charge in [0.05, 0.1) is 6.04 Å². The largest absolute Gasteiger partial charge is 0.357 e. The zero-order valence-corrected chi connectivity index (χ0v) is 13.2. The second-order valence-electron chi connectivity index (χ2n) is 5.54. The number of hydrogen-bond donors (Lipinski definition) is 2. The van der Waals surface area contributed by atoms with Gasteiger partial charge in [0.1, 0.15) is 0 Å². The minimum atomic E-state index is 0.259. The molecule has 0 fully saturated rings. The van der Waals surface area contributed by atoms with Crippen LogP contribution in [0.4, 0.5) is 0 Å². The SMILES string of the molecule is CCNC(=NCCC1=CCCC1)NC(C)c1ccccc1. The van der Waals surface area contributed by atoms with Crippen LogP contribution < -0.4 is 10.6 Å². The first-order chi connectivity index (χ1) is 10.3. The van der Waals surface area contributed by atoms with E-state index in [2.05, 4.69) is 54.8 Å². The third kappa shape index (κ3) is 5.25. The second kappa shape index (κ2) is 8.50. The van der Waals surface area contributed by atoms with E-state index in [0.717, 1.165) is 25.5 Å². The van der Waals surface area contributed by atoms with E-state index < -0.39 is 0 Å². The molecule has 0 saturated carbocycles. The van der Waals surface area contributed by atoms with E-state index in [-0.39, 0.29) is 6.04 Å². The van der Waals surface area contributed by atoms with Crippen LogP contribution in [0.1, 0.15) is 51.1 Å². The molecule has 1 unspecified atom stereocenters. The number of allylic oxidation sites excluding steroid dienone is 1. The lowest BCUT2D eigenvalue weighted by atomic mass is 10.1. The zero-order chi connectivity index (χ0) is 14.9. The Bertz CT molecular complexity index is 476. The molecule has 1 atom stereocenters. The molecule has 2 rings (SSSR count). The van der Waals surface area contributed by atoms with E-state index in [4.69, 9.17) is 4.99 Å². The summed E-state index contributed by atoms with van der Waals surface area (Å²) in [6.07, 6.45) is 7.31. The zero-order valence-electron chi connectivity index (χ0n) is 13.2. The molecule has 0 aliphatic heterocycles. The van der Waals surface area contributed by atoms with Crippen LogP contribution in [0.25, 0.3) is 0 Å². The fourth-order valence-electron chi connectivity index (χ4n) is 2.63. The molecule has 1 aromatic rings. The van der Waals surface area contributed by atoms with Crippen molar-refractivity contribution in [2.75, 3.05) is 13.1 Å². The Morgan fingerprint density at radius 1 is 1.29 bits per heavy atom. The summed E-state index contributed by atoms with van der Waals surface area (Å²) in [6, 6.07) is 10.7. The Hall–Kier alpha value is -1.77. The van der Waals surface area contributed by atoms with Crippen molar-refractivity contribution < 1.29 is 0 Å². The molecule has 114 valence electrons. The Morgan fingerprint density at radius 3 is 2.76 bits per heavy atom. The van der Waals surface area contributed by atoms with Crippen LogP contribution in [0.15, 0.2) is 47.0 Å². The number of hydrogen-bond acceptors (Lipinski definition) is 1. The summed E-state index contributed by atoms with van der Waals surface area (Å²) in [5, 5.41) is 6.81. The number of guanidine groups is 1. The molecular formula is C18H27N3. The van der Waals surface area contributed by atoms with Crippen LogP contribution in [-0.2, 0) is 0 Å². The first-order valence-corrected chi connectivity index (χ1v) is 8.07. The Labute approximate surface area is 128 Å². The molecular weight excluding hydrogens is 258 g/mol. The lowest BCUT2D eigenvalue weighted by Gasteiger charge is -2.18. The van der Waals surface area contributed by atoms with Crippen molar-refractivity contribution in [1.82, 2.24) is 10.6 Å². The number of rotatable bonds is 6. The maximum atomic E-state index is 4.70. The summed E-state index contributed by atoms with van der Waals surface area (Å²) in [7, 11) is 0. The number of aliphatic imine (C=N–C) groups is 1. The standard InChI is InChI=1S/C18H27N3/c1-3-19-18(20-14-13-16-9-7-8-10-16)21-15(2)17-11-5-4-6-12-17/h4-6,9,11-12,15H,3,7-8,10,13-14H2,1-2H3,(H2,19,20,21). The highest BCUT2D eigenvalue weighted by Gasteiger charge is 2.07. The van der Waals surface area contributed by atoms with Gasteiger partial charge >= 0.3 is 0 Å². The quantitative estimate of drug-likeness (QED) is 0.474. The number of nitrogens with zero attached hydrogens (tertiary/aromatic N) is 1. The van der Waals surface area contributed by atoms with Crippen LogP contribution in [-0.4, -0.2) is 19.0 Å². The van der Waals surface area contributed by atoms with E-state index in [9.17, 15) is 0 Å². The first-order valence-electron chi connectivity index (χ1n) is 8.07. The van der Waals surface area contributed by atoms with Crippen molar-refractivity contribution >= 4 is 5.96 Å². The minimum absolute atomic E-state index is 0.259. The van der Waals surface area contributed by atoms with E-state index in [1.54, 1.807) is 5.57 Å². The fourth-order valence-corrected chi connectivity index (χ4v) is 2.63. The molecule has 0 aromatic heterocycles. The van der Waals surface area contributed by atoms with Crippen LogP contribution >= 0.6 is 0 Å². The van der Waals surface area contributed by atoms with Crippen molar-refractivity contribution in [3.05, 3.63) is 47.5 Å². The van der Waals surface area contributed by atoms with Crippen molar-refractivity contribution in [1.29, 1.82) is 0 Å². The molecule has 1 aromatic carbocycles. The van der Waals surface area contributed by atoms with Crippen molar-refractivity contribution in [3.8, 4) is 0 Å². The van der Waals surface area contributed by atoms with Gasteiger partial charge in [0.15, 0.2) is 5.96 Å². The molecule has 0 amide bonds. The second-order valence-corrected chi connectivity index (χ2v) is 5.54. The number of benzene rings is 1. The highest BCUT2D eigenvalue weighted by atomic mass is 15.2. The fraction of sp³-hybridized carbons (Fsp3) is 0.500. The molecule has 1 aliphatic carbocycles. The molecule has 0 spiro atoms. The predicted octanol–water partition coefficient (Wildman–Crippen LogP) is 3.80. The Balaban J connectivity index is 1.88. The summed E-state index contributed by atoms with van der Waals surface area (Å²) >= 11 is 0. The van der Waals surface area contributed by atoms with E-state index in [1.807, 2.05) is 6.07 Å². The van der Waals surface area contributed by atoms with Crippen molar-refractivity contribution in [2.24, 2.45) is 4.99 Å². The minimum Gasteiger partial charge on any atom is -0.357 e. The maximum Gasteiger partial charge on any atom is 0.191 e. The third-order valence-corrected chi connectivity index (χ3v) is 3.83. The molecule has 0 radical (unpaired) electrons. The van der Waals surface area contributed by atoms with Gasteiger partial charge in [-0.15, -0.1) is 0 Å². The summed E-state index contributed by atoms with van der Waals surface area (Å²) < 4.78 is 0. The summed E-state index contributed by atoms with van der Waals surface area (Å²) in [4.78, 5) is 4.70. The summed E-state index contributed by atoms with van der Waals surface area (Å²) in [5.41, 5.74) is 2.85. The smallest absolute Gasteiger partial charge is 0.191 e. The van der Waals surface area contributed by atoms with Gasteiger partial charge < -0.3 is 10.6 Å². The summed E-state index contributed by atoms with van der Waals surface area (Å²) in [5.74, 6) is 0.910. The van der Waals surface area contributed by atoms with E-state index >= 15 is 0 Å². The molecule has 0 saturated heterocycles. The molecule has 0 heterocycles.